The van der Waals surface area contributed by atoms with Gasteiger partial charge < -0.3 is 14.2 Å². The molecule has 0 radical (unpaired) electrons. The lowest BCUT2D eigenvalue weighted by Gasteiger charge is -2.24. The van der Waals surface area contributed by atoms with Gasteiger partial charge in [0.15, 0.2) is 6.29 Å². The second-order valence-electron chi connectivity index (χ2n) is 4.18. The summed E-state index contributed by atoms with van der Waals surface area (Å²) in [4.78, 5) is 0. The summed E-state index contributed by atoms with van der Waals surface area (Å²) in [5.41, 5.74) is 0.825. The van der Waals surface area contributed by atoms with Crippen LogP contribution in [-0.4, -0.2) is 25.9 Å². The molecule has 1 aromatic rings. The van der Waals surface area contributed by atoms with Crippen LogP contribution in [-0.2, 0) is 9.47 Å². The number of benzene rings is 1. The van der Waals surface area contributed by atoms with Crippen LogP contribution in [0.15, 0.2) is 24.3 Å². The van der Waals surface area contributed by atoms with Crippen LogP contribution < -0.4 is 4.74 Å². The van der Waals surface area contributed by atoms with Gasteiger partial charge in [-0.25, -0.2) is 0 Å². The maximum absolute atomic E-state index is 12.1. The largest absolute Gasteiger partial charge is 0.573 e. The summed E-state index contributed by atoms with van der Waals surface area (Å²) >= 11 is 0. The lowest BCUT2D eigenvalue weighted by molar-refractivity contribution is -0.274. The molecule has 0 aromatic heterocycles. The van der Waals surface area contributed by atoms with Gasteiger partial charge in [-0.1, -0.05) is 19.1 Å². The van der Waals surface area contributed by atoms with Crippen molar-refractivity contribution >= 4 is 0 Å². The van der Waals surface area contributed by atoms with Crippen LogP contribution in [0.2, 0.25) is 0 Å². The predicted molar refractivity (Wildman–Crippen MR) is 68.6 cm³/mol. The minimum Gasteiger partial charge on any atom is -0.406 e. The third kappa shape index (κ3) is 5.38. The fourth-order valence-corrected chi connectivity index (χ4v) is 1.80. The van der Waals surface area contributed by atoms with Gasteiger partial charge in [-0.3, -0.25) is 0 Å². The molecule has 0 N–H and O–H groups in total. The molecule has 0 saturated heterocycles. The van der Waals surface area contributed by atoms with E-state index in [1.54, 1.807) is 12.1 Å². The van der Waals surface area contributed by atoms with E-state index in [2.05, 4.69) is 4.74 Å². The minimum atomic E-state index is -4.67. The van der Waals surface area contributed by atoms with Crippen molar-refractivity contribution in [2.45, 2.75) is 39.3 Å². The maximum Gasteiger partial charge on any atom is 0.573 e. The molecule has 20 heavy (non-hydrogen) atoms. The topological polar surface area (TPSA) is 27.7 Å². The molecule has 1 unspecified atom stereocenters. The predicted octanol–water partition coefficient (Wildman–Crippen LogP) is 4.09. The average molecular weight is 292 g/mol. The van der Waals surface area contributed by atoms with Gasteiger partial charge in [0.05, 0.1) is 0 Å². The van der Waals surface area contributed by atoms with Crippen molar-refractivity contribution in [1.82, 2.24) is 0 Å². The fraction of sp³-hybridized carbons (Fsp3) is 0.571. The summed E-state index contributed by atoms with van der Waals surface area (Å²) in [7, 11) is 0. The van der Waals surface area contributed by atoms with Gasteiger partial charge in [0.25, 0.3) is 0 Å². The lowest BCUT2D eigenvalue weighted by Crippen LogP contribution is -2.24. The van der Waals surface area contributed by atoms with Crippen molar-refractivity contribution in [2.24, 2.45) is 0 Å². The number of ether oxygens (including phenoxy) is 3. The van der Waals surface area contributed by atoms with Crippen LogP contribution >= 0.6 is 0 Å². The Labute approximate surface area is 116 Å². The van der Waals surface area contributed by atoms with Gasteiger partial charge in [0.1, 0.15) is 5.75 Å². The second kappa shape index (κ2) is 7.50. The third-order valence-electron chi connectivity index (χ3n) is 2.71. The first-order chi connectivity index (χ1) is 9.37. The number of rotatable bonds is 7. The quantitative estimate of drug-likeness (QED) is 0.708. The molecule has 1 aromatic carbocycles. The Hall–Kier alpha value is -1.27. The molecule has 114 valence electrons. The molecule has 0 aliphatic rings. The normalized spacial score (nSPS) is 13.6. The number of hydrogen-bond acceptors (Lipinski definition) is 3. The summed E-state index contributed by atoms with van der Waals surface area (Å²) in [6.45, 7) is 6.63. The Morgan fingerprint density at radius 2 is 1.50 bits per heavy atom. The molecular weight excluding hydrogens is 273 g/mol. The van der Waals surface area contributed by atoms with E-state index in [1.807, 2.05) is 20.8 Å². The number of alkyl halides is 3. The number of hydrogen-bond donors (Lipinski definition) is 0. The molecule has 0 spiro atoms. The summed E-state index contributed by atoms with van der Waals surface area (Å²) in [6.07, 6.45) is -5.09. The fourth-order valence-electron chi connectivity index (χ4n) is 1.80. The van der Waals surface area contributed by atoms with Crippen LogP contribution in [0.25, 0.3) is 0 Å². The molecule has 3 nitrogen and oxygen atoms in total. The first kappa shape index (κ1) is 16.8. The minimum absolute atomic E-state index is 0.0881. The van der Waals surface area contributed by atoms with Gasteiger partial charge >= 0.3 is 6.36 Å². The SMILES string of the molecule is CCOC(OCC)C(C)c1ccc(OC(F)(F)F)cc1. The summed E-state index contributed by atoms with van der Waals surface area (Å²) in [6, 6.07) is 5.73. The van der Waals surface area contributed by atoms with Crippen LogP contribution in [0.5, 0.6) is 5.75 Å². The van der Waals surface area contributed by atoms with Crippen molar-refractivity contribution in [2.75, 3.05) is 13.2 Å². The molecule has 0 aliphatic carbocycles. The first-order valence-corrected chi connectivity index (χ1v) is 6.46. The average Bonchev–Trinajstić information content (AvgIpc) is 2.37. The van der Waals surface area contributed by atoms with E-state index < -0.39 is 12.7 Å². The second-order valence-corrected chi connectivity index (χ2v) is 4.18. The van der Waals surface area contributed by atoms with E-state index in [1.165, 1.54) is 12.1 Å². The van der Waals surface area contributed by atoms with E-state index >= 15 is 0 Å². The van der Waals surface area contributed by atoms with E-state index in [0.717, 1.165) is 5.56 Å². The summed E-state index contributed by atoms with van der Waals surface area (Å²) in [5.74, 6) is -0.326. The summed E-state index contributed by atoms with van der Waals surface area (Å²) in [5, 5.41) is 0. The molecule has 0 amide bonds. The number of halogens is 3. The highest BCUT2D eigenvalue weighted by atomic mass is 19.4. The Kier molecular flexibility index (Phi) is 6.29. The van der Waals surface area contributed by atoms with Gasteiger partial charge in [-0.2, -0.15) is 0 Å². The highest BCUT2D eigenvalue weighted by molar-refractivity contribution is 5.29. The van der Waals surface area contributed by atoms with E-state index in [0.29, 0.717) is 13.2 Å². The molecule has 0 heterocycles. The smallest absolute Gasteiger partial charge is 0.406 e. The molecule has 0 saturated carbocycles. The van der Waals surface area contributed by atoms with Crippen molar-refractivity contribution in [3.05, 3.63) is 29.8 Å². The van der Waals surface area contributed by atoms with Crippen molar-refractivity contribution in [1.29, 1.82) is 0 Å². The highest BCUT2D eigenvalue weighted by Gasteiger charge is 2.31. The van der Waals surface area contributed by atoms with E-state index in [4.69, 9.17) is 9.47 Å². The Balaban J connectivity index is 2.75. The van der Waals surface area contributed by atoms with Crippen LogP contribution in [0.4, 0.5) is 13.2 Å². The molecule has 1 rings (SSSR count). The molecule has 0 fully saturated rings. The van der Waals surface area contributed by atoms with Crippen LogP contribution in [0.3, 0.4) is 0 Å². The van der Waals surface area contributed by atoms with E-state index in [-0.39, 0.29) is 11.7 Å². The van der Waals surface area contributed by atoms with Crippen LogP contribution in [0, 0.1) is 0 Å². The molecule has 1 atom stereocenters. The zero-order valence-corrected chi connectivity index (χ0v) is 11.7. The van der Waals surface area contributed by atoms with E-state index in [9.17, 15) is 13.2 Å². The standard InChI is InChI=1S/C14H19F3O3/c1-4-18-13(19-5-2)10(3)11-6-8-12(9-7-11)20-14(15,16)17/h6-10,13H,4-5H2,1-3H3. The molecule has 0 aliphatic heterocycles. The van der Waals surface area contributed by atoms with Gasteiger partial charge in [0.2, 0.25) is 0 Å². The van der Waals surface area contributed by atoms with Gasteiger partial charge in [-0.05, 0) is 31.5 Å². The Morgan fingerprint density at radius 1 is 1.00 bits per heavy atom. The first-order valence-electron chi connectivity index (χ1n) is 6.46. The molecule has 0 bridgehead atoms. The zero-order valence-electron chi connectivity index (χ0n) is 11.7. The van der Waals surface area contributed by atoms with Gasteiger partial charge in [-0.15, -0.1) is 13.2 Å². The molecule has 6 heteroatoms. The zero-order chi connectivity index (χ0) is 15.2. The lowest BCUT2D eigenvalue weighted by atomic mass is 10.0. The monoisotopic (exact) mass is 292 g/mol. The maximum atomic E-state index is 12.1. The van der Waals surface area contributed by atoms with Crippen molar-refractivity contribution in [3.8, 4) is 5.75 Å². The molecular formula is C14H19F3O3. The van der Waals surface area contributed by atoms with Crippen molar-refractivity contribution < 1.29 is 27.4 Å². The highest BCUT2D eigenvalue weighted by Crippen LogP contribution is 2.27. The Morgan fingerprint density at radius 3 is 1.90 bits per heavy atom. The van der Waals surface area contributed by atoms with Crippen molar-refractivity contribution in [3.63, 3.8) is 0 Å². The third-order valence-corrected chi connectivity index (χ3v) is 2.71. The summed E-state index contributed by atoms with van der Waals surface area (Å²) < 4.78 is 51.0. The van der Waals surface area contributed by atoms with Crippen LogP contribution in [0.1, 0.15) is 32.3 Å². The Bertz CT molecular complexity index is 384. The van der Waals surface area contributed by atoms with Gasteiger partial charge in [0, 0.05) is 19.1 Å².